The molecule has 16 heavy (non-hydrogen) atoms. The van der Waals surface area contributed by atoms with E-state index in [1.165, 1.54) is 25.7 Å². The number of nitrogens with one attached hydrogen (secondary N) is 1. The molecular formula is C12H17N3O. The summed E-state index contributed by atoms with van der Waals surface area (Å²) in [6.07, 6.45) is 6.59. The van der Waals surface area contributed by atoms with Crippen LogP contribution in [0.25, 0.3) is 0 Å². The Morgan fingerprint density at radius 3 is 2.94 bits per heavy atom. The van der Waals surface area contributed by atoms with E-state index in [0.29, 0.717) is 17.3 Å². The van der Waals surface area contributed by atoms with Crippen LogP contribution >= 0.6 is 0 Å². The fraction of sp³-hybridized carbons (Fsp3) is 0.500. The number of hydrogen-bond acceptors (Lipinski definition) is 3. The molecule has 0 spiro atoms. The number of rotatable bonds is 3. The minimum Gasteiger partial charge on any atom is -0.399 e. The first-order valence-corrected chi connectivity index (χ1v) is 5.75. The molecule has 0 saturated heterocycles. The number of carbonyl (C=O) groups excluding carboxylic acids is 1. The Morgan fingerprint density at radius 2 is 2.25 bits per heavy atom. The van der Waals surface area contributed by atoms with Crippen molar-refractivity contribution < 1.29 is 4.79 Å². The molecule has 86 valence electrons. The van der Waals surface area contributed by atoms with Gasteiger partial charge in [0, 0.05) is 18.4 Å². The molecule has 2 rings (SSSR count). The molecular weight excluding hydrogens is 202 g/mol. The van der Waals surface area contributed by atoms with Gasteiger partial charge in [0.25, 0.3) is 5.91 Å². The van der Waals surface area contributed by atoms with Crippen LogP contribution in [-0.2, 0) is 0 Å². The summed E-state index contributed by atoms with van der Waals surface area (Å²) in [7, 11) is 0. The number of nitrogens with two attached hydrogens (primary N) is 1. The second-order valence-corrected chi connectivity index (χ2v) is 4.33. The maximum atomic E-state index is 11.7. The Balaban J connectivity index is 1.87. The van der Waals surface area contributed by atoms with Gasteiger partial charge in [-0.25, -0.2) is 0 Å². The largest absolute Gasteiger partial charge is 0.399 e. The normalized spacial score (nSPS) is 16.2. The molecule has 1 heterocycles. The number of aromatic nitrogens is 1. The fourth-order valence-electron chi connectivity index (χ4n) is 2.11. The molecule has 1 aliphatic rings. The van der Waals surface area contributed by atoms with E-state index in [-0.39, 0.29) is 5.91 Å². The highest BCUT2D eigenvalue weighted by molar-refractivity contribution is 5.92. The van der Waals surface area contributed by atoms with E-state index >= 15 is 0 Å². The lowest BCUT2D eigenvalue weighted by molar-refractivity contribution is 0.0942. The average Bonchev–Trinajstić information content (AvgIpc) is 2.78. The molecule has 1 amide bonds. The molecule has 4 heteroatoms. The van der Waals surface area contributed by atoms with Crippen molar-refractivity contribution in [3.63, 3.8) is 0 Å². The predicted octanol–water partition coefficient (Wildman–Crippen LogP) is 1.58. The van der Waals surface area contributed by atoms with Crippen LogP contribution in [0, 0.1) is 5.92 Å². The molecule has 0 radical (unpaired) electrons. The summed E-state index contributed by atoms with van der Waals surface area (Å²) in [4.78, 5) is 15.7. The quantitative estimate of drug-likeness (QED) is 0.811. The molecule has 3 N–H and O–H groups in total. The summed E-state index contributed by atoms with van der Waals surface area (Å²) < 4.78 is 0. The highest BCUT2D eigenvalue weighted by Crippen LogP contribution is 2.23. The van der Waals surface area contributed by atoms with Gasteiger partial charge in [-0.15, -0.1) is 0 Å². The third-order valence-corrected chi connectivity index (χ3v) is 3.04. The highest BCUT2D eigenvalue weighted by Gasteiger charge is 2.16. The summed E-state index contributed by atoms with van der Waals surface area (Å²) in [6, 6.07) is 3.28. The van der Waals surface area contributed by atoms with Gasteiger partial charge in [-0.05, 0) is 30.9 Å². The third kappa shape index (κ3) is 2.72. The van der Waals surface area contributed by atoms with E-state index in [0.717, 1.165) is 6.54 Å². The Morgan fingerprint density at radius 1 is 1.50 bits per heavy atom. The maximum Gasteiger partial charge on any atom is 0.269 e. The fourth-order valence-corrected chi connectivity index (χ4v) is 2.11. The van der Waals surface area contributed by atoms with E-state index in [4.69, 9.17) is 5.73 Å². The monoisotopic (exact) mass is 219 g/mol. The zero-order valence-electron chi connectivity index (χ0n) is 9.28. The predicted molar refractivity (Wildman–Crippen MR) is 62.9 cm³/mol. The van der Waals surface area contributed by atoms with Gasteiger partial charge >= 0.3 is 0 Å². The van der Waals surface area contributed by atoms with Crippen LogP contribution in [-0.4, -0.2) is 17.4 Å². The molecule has 1 aromatic heterocycles. The van der Waals surface area contributed by atoms with Crippen molar-refractivity contribution in [2.24, 2.45) is 5.92 Å². The summed E-state index contributed by atoms with van der Waals surface area (Å²) in [5, 5.41) is 2.91. The number of hydrogen-bond donors (Lipinski definition) is 2. The second-order valence-electron chi connectivity index (χ2n) is 4.33. The van der Waals surface area contributed by atoms with E-state index in [1.54, 1.807) is 18.3 Å². The van der Waals surface area contributed by atoms with E-state index in [2.05, 4.69) is 10.3 Å². The molecule has 0 unspecified atom stereocenters. The highest BCUT2D eigenvalue weighted by atomic mass is 16.1. The van der Waals surface area contributed by atoms with Crippen LogP contribution < -0.4 is 11.1 Å². The molecule has 1 aliphatic carbocycles. The Labute approximate surface area is 95.3 Å². The van der Waals surface area contributed by atoms with Crippen molar-refractivity contribution in [1.29, 1.82) is 0 Å². The molecule has 0 bridgehead atoms. The Kier molecular flexibility index (Phi) is 3.39. The summed E-state index contributed by atoms with van der Waals surface area (Å²) >= 11 is 0. The number of nitrogen functional groups attached to an aromatic ring is 1. The molecule has 1 aromatic rings. The first-order chi connectivity index (χ1) is 7.75. The van der Waals surface area contributed by atoms with Crippen molar-refractivity contribution in [3.8, 4) is 0 Å². The van der Waals surface area contributed by atoms with Crippen molar-refractivity contribution in [1.82, 2.24) is 10.3 Å². The minimum absolute atomic E-state index is 0.126. The van der Waals surface area contributed by atoms with Gasteiger partial charge < -0.3 is 11.1 Å². The summed E-state index contributed by atoms with van der Waals surface area (Å²) in [5.41, 5.74) is 6.57. The van der Waals surface area contributed by atoms with Crippen LogP contribution in [0.5, 0.6) is 0 Å². The van der Waals surface area contributed by atoms with Crippen LogP contribution in [0.1, 0.15) is 36.2 Å². The second kappa shape index (κ2) is 4.96. The van der Waals surface area contributed by atoms with Crippen molar-refractivity contribution in [2.75, 3.05) is 12.3 Å². The zero-order chi connectivity index (χ0) is 11.4. The lowest BCUT2D eigenvalue weighted by Gasteiger charge is -2.10. The Bertz CT molecular complexity index is 372. The topological polar surface area (TPSA) is 68.0 Å². The lowest BCUT2D eigenvalue weighted by Crippen LogP contribution is -2.29. The van der Waals surface area contributed by atoms with Gasteiger partial charge in [0.15, 0.2) is 0 Å². The van der Waals surface area contributed by atoms with E-state index in [9.17, 15) is 4.79 Å². The SMILES string of the molecule is Nc1ccnc(C(=O)NCC2CCCC2)c1. The molecule has 0 atom stereocenters. The Hall–Kier alpha value is -1.58. The van der Waals surface area contributed by atoms with Gasteiger partial charge in [-0.2, -0.15) is 0 Å². The van der Waals surface area contributed by atoms with Gasteiger partial charge in [-0.1, -0.05) is 12.8 Å². The van der Waals surface area contributed by atoms with Crippen LogP contribution in [0.15, 0.2) is 18.3 Å². The number of amides is 1. The standard InChI is InChI=1S/C12H17N3O/c13-10-5-6-14-11(7-10)12(16)15-8-9-3-1-2-4-9/h5-7,9H,1-4,8H2,(H2,13,14)(H,15,16). The van der Waals surface area contributed by atoms with Crippen LogP contribution in [0.2, 0.25) is 0 Å². The zero-order valence-corrected chi connectivity index (χ0v) is 9.28. The summed E-state index contributed by atoms with van der Waals surface area (Å²) in [6.45, 7) is 0.759. The van der Waals surface area contributed by atoms with Crippen LogP contribution in [0.4, 0.5) is 5.69 Å². The van der Waals surface area contributed by atoms with E-state index < -0.39 is 0 Å². The molecule has 0 aromatic carbocycles. The van der Waals surface area contributed by atoms with Crippen molar-refractivity contribution in [2.45, 2.75) is 25.7 Å². The minimum atomic E-state index is -0.126. The number of carbonyl (C=O) groups is 1. The van der Waals surface area contributed by atoms with Crippen molar-refractivity contribution >= 4 is 11.6 Å². The number of anilines is 1. The van der Waals surface area contributed by atoms with Gasteiger partial charge in [0.1, 0.15) is 5.69 Å². The lowest BCUT2D eigenvalue weighted by atomic mass is 10.1. The van der Waals surface area contributed by atoms with Crippen LogP contribution in [0.3, 0.4) is 0 Å². The molecule has 1 saturated carbocycles. The number of pyridine rings is 1. The number of nitrogens with zero attached hydrogens (tertiary/aromatic N) is 1. The third-order valence-electron chi connectivity index (χ3n) is 3.04. The van der Waals surface area contributed by atoms with E-state index in [1.807, 2.05) is 0 Å². The smallest absolute Gasteiger partial charge is 0.269 e. The molecule has 4 nitrogen and oxygen atoms in total. The first kappa shape index (κ1) is 10.9. The van der Waals surface area contributed by atoms with Gasteiger partial charge in [0.2, 0.25) is 0 Å². The average molecular weight is 219 g/mol. The van der Waals surface area contributed by atoms with Gasteiger partial charge in [-0.3, -0.25) is 9.78 Å². The first-order valence-electron chi connectivity index (χ1n) is 5.75. The molecule has 0 aliphatic heterocycles. The van der Waals surface area contributed by atoms with Crippen molar-refractivity contribution in [3.05, 3.63) is 24.0 Å². The molecule has 1 fully saturated rings. The maximum absolute atomic E-state index is 11.7. The summed E-state index contributed by atoms with van der Waals surface area (Å²) in [5.74, 6) is 0.518. The van der Waals surface area contributed by atoms with Gasteiger partial charge in [0.05, 0.1) is 0 Å².